The van der Waals surface area contributed by atoms with Crippen LogP contribution in [0.25, 0.3) is 0 Å². The summed E-state index contributed by atoms with van der Waals surface area (Å²) < 4.78 is 0. The minimum Gasteiger partial charge on any atom is -0.351 e. The van der Waals surface area contributed by atoms with E-state index in [4.69, 9.17) is 7.85 Å². The third-order valence-corrected chi connectivity index (χ3v) is 5.02. The zero-order valence-electron chi connectivity index (χ0n) is 16.5. The van der Waals surface area contributed by atoms with Gasteiger partial charge in [-0.2, -0.15) is 12.6 Å². The Morgan fingerprint density at radius 3 is 2.03 bits per heavy atom. The van der Waals surface area contributed by atoms with E-state index in [1.54, 1.807) is 24.3 Å². The second-order valence-corrected chi connectivity index (χ2v) is 7.32. The number of thiol groups is 1. The van der Waals surface area contributed by atoms with Crippen LogP contribution in [-0.2, 0) is 4.79 Å². The predicted octanol–water partition coefficient (Wildman–Crippen LogP) is 3.98. The fourth-order valence-corrected chi connectivity index (χ4v) is 3.36. The lowest BCUT2D eigenvalue weighted by atomic mass is 9.69. The Bertz CT molecular complexity index is 966. The van der Waals surface area contributed by atoms with Gasteiger partial charge in [0.2, 0.25) is 5.91 Å². The van der Waals surface area contributed by atoms with Gasteiger partial charge in [0.1, 0.15) is 0 Å². The topological polar surface area (TPSA) is 58.2 Å². The van der Waals surface area contributed by atoms with E-state index in [0.29, 0.717) is 23.5 Å². The fraction of sp³-hybridized carbons (Fsp3) is 0.167. The van der Waals surface area contributed by atoms with Crippen molar-refractivity contribution in [1.82, 2.24) is 5.32 Å². The maximum atomic E-state index is 13.2. The normalized spacial score (nSPS) is 12.6. The Kier molecular flexibility index (Phi) is 7.74. The number of carbonyl (C=O) groups excluding carboxylic acids is 2. The quantitative estimate of drug-likeness (QED) is 0.386. The second kappa shape index (κ2) is 10.7. The molecule has 0 fully saturated rings. The van der Waals surface area contributed by atoms with E-state index < -0.39 is 11.7 Å². The number of nitrogens with one attached hydrogen (secondary N) is 2. The molecule has 30 heavy (non-hydrogen) atoms. The van der Waals surface area contributed by atoms with Crippen molar-refractivity contribution >= 4 is 38.0 Å². The molecule has 2 radical (unpaired) electrons. The number of rotatable bonds is 8. The lowest BCUT2D eigenvalue weighted by Crippen LogP contribution is -2.27. The molecule has 3 rings (SSSR count). The standard InChI is InChI=1S/C24H23BN2O2S/c25-22(18-11-13-19(14-12-18)23(28)26-15-16-30)21(17-7-3-1-4-8-17)24(29)27-20-9-5-2-6-10-20/h1-14,21-22,30H,15-16H2,(H,26,28)(H,27,29). The van der Waals surface area contributed by atoms with E-state index in [9.17, 15) is 9.59 Å². The molecule has 2 unspecified atom stereocenters. The summed E-state index contributed by atoms with van der Waals surface area (Å²) in [6, 6.07) is 25.8. The molecule has 2 N–H and O–H groups in total. The summed E-state index contributed by atoms with van der Waals surface area (Å²) >= 11 is 4.09. The van der Waals surface area contributed by atoms with Crippen molar-refractivity contribution in [2.24, 2.45) is 0 Å². The molecule has 0 spiro atoms. The number of anilines is 1. The van der Waals surface area contributed by atoms with Crippen molar-refractivity contribution in [2.45, 2.75) is 11.7 Å². The number of hydrogen-bond acceptors (Lipinski definition) is 3. The van der Waals surface area contributed by atoms with Gasteiger partial charge in [-0.15, -0.1) is 0 Å². The first-order valence-corrected chi connectivity index (χ1v) is 10.4. The van der Waals surface area contributed by atoms with E-state index in [1.807, 2.05) is 60.7 Å². The SMILES string of the molecule is [B]C(c1ccc(C(=O)NCCS)cc1)C(C(=O)Nc1ccccc1)c1ccccc1. The molecule has 3 aromatic carbocycles. The first kappa shape index (κ1) is 21.7. The van der Waals surface area contributed by atoms with E-state index >= 15 is 0 Å². The highest BCUT2D eigenvalue weighted by atomic mass is 32.1. The number of para-hydroxylation sites is 1. The van der Waals surface area contributed by atoms with Crippen molar-refractivity contribution in [1.29, 1.82) is 0 Å². The molecule has 3 aromatic rings. The van der Waals surface area contributed by atoms with E-state index in [1.165, 1.54) is 0 Å². The van der Waals surface area contributed by atoms with Crippen LogP contribution in [0.3, 0.4) is 0 Å². The average Bonchev–Trinajstić information content (AvgIpc) is 2.79. The van der Waals surface area contributed by atoms with Crippen LogP contribution in [0.2, 0.25) is 0 Å². The molecule has 6 heteroatoms. The molecule has 0 aromatic heterocycles. The first-order chi connectivity index (χ1) is 14.6. The monoisotopic (exact) mass is 414 g/mol. The number of hydrogen-bond donors (Lipinski definition) is 3. The molecule has 2 atom stereocenters. The van der Waals surface area contributed by atoms with Crippen LogP contribution in [0.4, 0.5) is 5.69 Å². The minimum absolute atomic E-state index is 0.161. The van der Waals surface area contributed by atoms with Gasteiger partial charge in [-0.05, 0) is 35.6 Å². The van der Waals surface area contributed by atoms with Gasteiger partial charge in [-0.25, -0.2) is 0 Å². The lowest BCUT2D eigenvalue weighted by molar-refractivity contribution is -0.117. The molecule has 2 amide bonds. The van der Waals surface area contributed by atoms with Crippen LogP contribution in [0, 0.1) is 0 Å². The smallest absolute Gasteiger partial charge is 0.251 e. The Labute approximate surface area is 183 Å². The number of benzene rings is 3. The van der Waals surface area contributed by atoms with Crippen LogP contribution in [-0.4, -0.2) is 32.0 Å². The Morgan fingerprint density at radius 1 is 0.833 bits per heavy atom. The van der Waals surface area contributed by atoms with E-state index in [-0.39, 0.29) is 11.8 Å². The molecule has 0 saturated heterocycles. The minimum atomic E-state index is -0.588. The van der Waals surface area contributed by atoms with Crippen LogP contribution in [0.15, 0.2) is 84.9 Å². The molecule has 4 nitrogen and oxygen atoms in total. The van der Waals surface area contributed by atoms with Gasteiger partial charge < -0.3 is 10.6 Å². The largest absolute Gasteiger partial charge is 0.351 e. The fourth-order valence-electron chi connectivity index (χ4n) is 3.24. The van der Waals surface area contributed by atoms with Crippen molar-refractivity contribution in [2.75, 3.05) is 17.6 Å². The molecule has 0 aliphatic heterocycles. The summed E-state index contributed by atoms with van der Waals surface area (Å²) in [4.78, 5) is 25.3. The van der Waals surface area contributed by atoms with Crippen molar-refractivity contribution in [3.63, 3.8) is 0 Å². The zero-order valence-corrected chi connectivity index (χ0v) is 17.4. The summed E-state index contributed by atoms with van der Waals surface area (Å²) in [5.74, 6) is -0.939. The Balaban J connectivity index is 1.84. The molecular weight excluding hydrogens is 391 g/mol. The molecule has 0 saturated carbocycles. The molecule has 150 valence electrons. The molecule has 0 aliphatic carbocycles. The van der Waals surface area contributed by atoms with Crippen molar-refractivity contribution in [3.05, 3.63) is 102 Å². The van der Waals surface area contributed by atoms with Gasteiger partial charge in [-0.1, -0.05) is 66.2 Å². The average molecular weight is 414 g/mol. The molecule has 0 aliphatic rings. The van der Waals surface area contributed by atoms with Crippen LogP contribution in [0.5, 0.6) is 0 Å². The summed E-state index contributed by atoms with van der Waals surface area (Å²) in [5, 5.41) is 5.73. The number of amides is 2. The Hall–Kier alpha value is -2.99. The second-order valence-electron chi connectivity index (χ2n) is 6.87. The summed E-state index contributed by atoms with van der Waals surface area (Å²) in [7, 11) is 6.56. The summed E-state index contributed by atoms with van der Waals surface area (Å²) in [6.07, 6.45) is 0. The Morgan fingerprint density at radius 2 is 1.43 bits per heavy atom. The highest BCUT2D eigenvalue weighted by Crippen LogP contribution is 2.32. The first-order valence-electron chi connectivity index (χ1n) is 9.75. The third-order valence-electron chi connectivity index (χ3n) is 4.80. The van der Waals surface area contributed by atoms with E-state index in [0.717, 1.165) is 11.1 Å². The van der Waals surface area contributed by atoms with Crippen LogP contribution < -0.4 is 10.6 Å². The molecule has 0 heterocycles. The van der Waals surface area contributed by atoms with Gasteiger partial charge in [0, 0.05) is 23.5 Å². The number of carbonyl (C=O) groups is 2. The van der Waals surface area contributed by atoms with Gasteiger partial charge >= 0.3 is 0 Å². The molecule has 0 bridgehead atoms. The van der Waals surface area contributed by atoms with Gasteiger partial charge in [-0.3, -0.25) is 9.59 Å². The summed E-state index contributed by atoms with van der Waals surface area (Å²) in [6.45, 7) is 0.499. The van der Waals surface area contributed by atoms with Crippen molar-refractivity contribution in [3.8, 4) is 0 Å². The highest BCUT2D eigenvalue weighted by molar-refractivity contribution is 7.80. The zero-order chi connectivity index (χ0) is 21.3. The lowest BCUT2D eigenvalue weighted by Gasteiger charge is -2.25. The van der Waals surface area contributed by atoms with Gasteiger partial charge in [0.05, 0.1) is 13.8 Å². The van der Waals surface area contributed by atoms with Gasteiger partial charge in [0.25, 0.3) is 5.91 Å². The van der Waals surface area contributed by atoms with Crippen LogP contribution in [0.1, 0.15) is 33.2 Å². The van der Waals surface area contributed by atoms with E-state index in [2.05, 4.69) is 23.3 Å². The van der Waals surface area contributed by atoms with Crippen molar-refractivity contribution < 1.29 is 9.59 Å². The summed E-state index contributed by atoms with van der Waals surface area (Å²) in [5.41, 5.74) is 2.86. The maximum absolute atomic E-state index is 13.2. The predicted molar refractivity (Wildman–Crippen MR) is 125 cm³/mol. The van der Waals surface area contributed by atoms with Gasteiger partial charge in [0.15, 0.2) is 0 Å². The highest BCUT2D eigenvalue weighted by Gasteiger charge is 2.27. The third kappa shape index (κ3) is 5.54. The van der Waals surface area contributed by atoms with Crippen LogP contribution >= 0.6 is 12.6 Å². The maximum Gasteiger partial charge on any atom is 0.251 e. The molecular formula is C24H23BN2O2S.